The van der Waals surface area contributed by atoms with Crippen LogP contribution in [-0.2, 0) is 0 Å². The van der Waals surface area contributed by atoms with Crippen molar-refractivity contribution in [3.05, 3.63) is 35.9 Å². The Hall–Kier alpha value is -1.65. The molecule has 2 aromatic rings. The van der Waals surface area contributed by atoms with Crippen molar-refractivity contribution in [2.24, 2.45) is 0 Å². The fourth-order valence-corrected chi connectivity index (χ4v) is 1.76. The first kappa shape index (κ1) is 12.8. The van der Waals surface area contributed by atoms with E-state index in [9.17, 15) is 10.2 Å². The summed E-state index contributed by atoms with van der Waals surface area (Å²) in [6.07, 6.45) is 0. The SMILES string of the molecule is Cc1cc2ccccc2nc1NC(C)(CO)CO. The monoisotopic (exact) mass is 246 g/mol. The first-order valence-electron chi connectivity index (χ1n) is 5.94. The first-order valence-corrected chi connectivity index (χ1v) is 5.94. The molecule has 0 amide bonds. The molecule has 96 valence electrons. The highest BCUT2D eigenvalue weighted by molar-refractivity contribution is 5.81. The fraction of sp³-hybridized carbons (Fsp3) is 0.357. The molecule has 0 aliphatic rings. The van der Waals surface area contributed by atoms with Crippen molar-refractivity contribution in [2.45, 2.75) is 19.4 Å². The maximum Gasteiger partial charge on any atom is 0.130 e. The number of nitrogens with one attached hydrogen (secondary N) is 1. The molecule has 0 saturated carbocycles. The summed E-state index contributed by atoms with van der Waals surface area (Å²) in [5, 5.41) is 22.8. The van der Waals surface area contributed by atoms with Crippen molar-refractivity contribution in [3.63, 3.8) is 0 Å². The molecule has 0 spiro atoms. The lowest BCUT2D eigenvalue weighted by atomic mass is 10.0. The van der Waals surface area contributed by atoms with Gasteiger partial charge in [-0.25, -0.2) is 4.98 Å². The number of aliphatic hydroxyl groups excluding tert-OH is 2. The van der Waals surface area contributed by atoms with Gasteiger partial charge < -0.3 is 15.5 Å². The van der Waals surface area contributed by atoms with Gasteiger partial charge in [0.2, 0.25) is 0 Å². The molecule has 0 radical (unpaired) electrons. The van der Waals surface area contributed by atoms with Gasteiger partial charge in [0.1, 0.15) is 5.82 Å². The minimum Gasteiger partial charge on any atom is -0.394 e. The van der Waals surface area contributed by atoms with Crippen LogP contribution in [0, 0.1) is 6.92 Å². The van der Waals surface area contributed by atoms with Crippen molar-refractivity contribution in [1.82, 2.24) is 4.98 Å². The zero-order chi connectivity index (χ0) is 13.2. The molecular formula is C14H18N2O2. The third-order valence-corrected chi connectivity index (χ3v) is 3.03. The number of hydrogen-bond acceptors (Lipinski definition) is 4. The second kappa shape index (κ2) is 4.92. The minimum atomic E-state index is -0.764. The molecule has 1 aromatic heterocycles. The van der Waals surface area contributed by atoms with E-state index >= 15 is 0 Å². The highest BCUT2D eigenvalue weighted by Gasteiger charge is 2.23. The number of pyridine rings is 1. The number of benzene rings is 1. The molecule has 4 nitrogen and oxygen atoms in total. The largest absolute Gasteiger partial charge is 0.394 e. The van der Waals surface area contributed by atoms with Gasteiger partial charge in [-0.1, -0.05) is 18.2 Å². The number of aliphatic hydroxyl groups is 2. The molecule has 2 rings (SSSR count). The molecule has 0 atom stereocenters. The smallest absolute Gasteiger partial charge is 0.130 e. The molecule has 0 unspecified atom stereocenters. The number of rotatable bonds is 4. The second-order valence-corrected chi connectivity index (χ2v) is 4.85. The lowest BCUT2D eigenvalue weighted by Gasteiger charge is -2.27. The lowest BCUT2D eigenvalue weighted by Crippen LogP contribution is -2.43. The average molecular weight is 246 g/mol. The summed E-state index contributed by atoms with van der Waals surface area (Å²) in [6.45, 7) is 3.40. The quantitative estimate of drug-likeness (QED) is 0.768. The molecule has 1 heterocycles. The first-order chi connectivity index (χ1) is 8.58. The molecule has 0 saturated heterocycles. The van der Waals surface area contributed by atoms with Crippen molar-refractivity contribution in [2.75, 3.05) is 18.5 Å². The van der Waals surface area contributed by atoms with Gasteiger partial charge in [0.05, 0.1) is 24.3 Å². The number of para-hydroxylation sites is 1. The Bertz CT molecular complexity index is 550. The van der Waals surface area contributed by atoms with Crippen molar-refractivity contribution in [1.29, 1.82) is 0 Å². The number of aromatic nitrogens is 1. The van der Waals surface area contributed by atoms with Crippen molar-refractivity contribution in [3.8, 4) is 0 Å². The maximum absolute atomic E-state index is 9.30. The van der Waals surface area contributed by atoms with Gasteiger partial charge in [-0.3, -0.25) is 0 Å². The molecule has 0 bridgehead atoms. The van der Waals surface area contributed by atoms with E-state index in [-0.39, 0.29) is 13.2 Å². The fourth-order valence-electron chi connectivity index (χ4n) is 1.76. The lowest BCUT2D eigenvalue weighted by molar-refractivity contribution is 0.147. The Balaban J connectivity index is 2.42. The van der Waals surface area contributed by atoms with E-state index in [2.05, 4.69) is 10.3 Å². The molecule has 4 heteroatoms. The number of fused-ring (bicyclic) bond motifs is 1. The molecule has 0 aliphatic heterocycles. The Labute approximate surface area is 106 Å². The average Bonchev–Trinajstić information content (AvgIpc) is 2.39. The van der Waals surface area contributed by atoms with Crippen LogP contribution in [0.25, 0.3) is 10.9 Å². The molecule has 3 N–H and O–H groups in total. The van der Waals surface area contributed by atoms with Gasteiger partial charge in [0.25, 0.3) is 0 Å². The number of nitrogens with zero attached hydrogens (tertiary/aromatic N) is 1. The van der Waals surface area contributed by atoms with Crippen LogP contribution in [0.15, 0.2) is 30.3 Å². The highest BCUT2D eigenvalue weighted by Crippen LogP contribution is 2.22. The zero-order valence-corrected chi connectivity index (χ0v) is 10.6. The number of hydrogen-bond donors (Lipinski definition) is 3. The summed E-state index contributed by atoms with van der Waals surface area (Å²) >= 11 is 0. The van der Waals surface area contributed by atoms with E-state index in [0.717, 1.165) is 16.5 Å². The summed E-state index contributed by atoms with van der Waals surface area (Å²) in [7, 11) is 0. The van der Waals surface area contributed by atoms with Gasteiger partial charge in [-0.05, 0) is 31.5 Å². The van der Waals surface area contributed by atoms with Crippen LogP contribution in [0.4, 0.5) is 5.82 Å². The third kappa shape index (κ3) is 2.44. The standard InChI is InChI=1S/C14H18N2O2/c1-10-7-11-5-3-4-6-12(11)15-13(10)16-14(2,8-17)9-18/h3-7,17-18H,8-9H2,1-2H3,(H,15,16). The van der Waals surface area contributed by atoms with Crippen LogP contribution in [0.5, 0.6) is 0 Å². The van der Waals surface area contributed by atoms with E-state index in [1.54, 1.807) is 6.92 Å². The zero-order valence-electron chi connectivity index (χ0n) is 10.6. The third-order valence-electron chi connectivity index (χ3n) is 3.03. The van der Waals surface area contributed by atoms with Crippen molar-refractivity contribution < 1.29 is 10.2 Å². The van der Waals surface area contributed by atoms with Crippen LogP contribution >= 0.6 is 0 Å². The molecule has 0 fully saturated rings. The van der Waals surface area contributed by atoms with Gasteiger partial charge in [0, 0.05) is 5.39 Å². The Kier molecular flexibility index (Phi) is 3.50. The highest BCUT2D eigenvalue weighted by atomic mass is 16.3. The van der Waals surface area contributed by atoms with E-state index in [1.807, 2.05) is 37.3 Å². The Morgan fingerprint density at radius 1 is 1.22 bits per heavy atom. The van der Waals surface area contributed by atoms with E-state index in [0.29, 0.717) is 5.82 Å². The summed E-state index contributed by atoms with van der Waals surface area (Å²) in [6, 6.07) is 9.90. The Morgan fingerprint density at radius 2 is 1.89 bits per heavy atom. The van der Waals surface area contributed by atoms with E-state index < -0.39 is 5.54 Å². The van der Waals surface area contributed by atoms with E-state index in [4.69, 9.17) is 0 Å². The van der Waals surface area contributed by atoms with Crippen LogP contribution in [0.1, 0.15) is 12.5 Å². The second-order valence-electron chi connectivity index (χ2n) is 4.85. The predicted molar refractivity (Wildman–Crippen MR) is 72.7 cm³/mol. The van der Waals surface area contributed by atoms with Crippen LogP contribution in [0.3, 0.4) is 0 Å². The maximum atomic E-state index is 9.30. The molecule has 0 aliphatic carbocycles. The molecule has 1 aromatic carbocycles. The summed E-state index contributed by atoms with van der Waals surface area (Å²) in [5.41, 5.74) is 1.12. The van der Waals surface area contributed by atoms with Gasteiger partial charge in [-0.15, -0.1) is 0 Å². The van der Waals surface area contributed by atoms with Crippen LogP contribution < -0.4 is 5.32 Å². The summed E-state index contributed by atoms with van der Waals surface area (Å²) in [5.74, 6) is 0.694. The van der Waals surface area contributed by atoms with Gasteiger partial charge in [-0.2, -0.15) is 0 Å². The Morgan fingerprint density at radius 3 is 2.56 bits per heavy atom. The van der Waals surface area contributed by atoms with Gasteiger partial charge >= 0.3 is 0 Å². The predicted octanol–water partition coefficient (Wildman–Crippen LogP) is 1.70. The molecular weight excluding hydrogens is 228 g/mol. The topological polar surface area (TPSA) is 65.4 Å². The number of anilines is 1. The molecule has 18 heavy (non-hydrogen) atoms. The van der Waals surface area contributed by atoms with Gasteiger partial charge in [0.15, 0.2) is 0 Å². The van der Waals surface area contributed by atoms with Crippen molar-refractivity contribution >= 4 is 16.7 Å². The summed E-state index contributed by atoms with van der Waals surface area (Å²) < 4.78 is 0. The van der Waals surface area contributed by atoms with Crippen LogP contribution in [-0.4, -0.2) is 33.9 Å². The summed E-state index contributed by atoms with van der Waals surface area (Å²) in [4.78, 5) is 4.52. The number of aryl methyl sites for hydroxylation is 1. The van der Waals surface area contributed by atoms with Crippen LogP contribution in [0.2, 0.25) is 0 Å². The van der Waals surface area contributed by atoms with E-state index in [1.165, 1.54) is 0 Å². The minimum absolute atomic E-state index is 0.155. The normalized spacial score (nSPS) is 11.8.